The third kappa shape index (κ3) is 1.10. The van der Waals surface area contributed by atoms with E-state index in [0.29, 0.717) is 4.88 Å². The molecule has 9 heavy (non-hydrogen) atoms. The summed E-state index contributed by atoms with van der Waals surface area (Å²) in [4.78, 5) is 10.7. The maximum absolute atomic E-state index is 10.3. The largest absolute Gasteiger partial charge is 0.477 e. The minimum atomic E-state index is -0.831. The zero-order valence-corrected chi connectivity index (χ0v) is 5.73. The van der Waals surface area contributed by atoms with Crippen LogP contribution in [0.5, 0.6) is 0 Å². The normalized spacial score (nSPS) is 9.44. The molecular formula is C6H6O2S. The first-order valence-corrected chi connectivity index (χ1v) is 3.37. The predicted octanol–water partition coefficient (Wildman–Crippen LogP) is 1.75. The molecule has 0 aliphatic carbocycles. The highest BCUT2D eigenvalue weighted by Crippen LogP contribution is 2.14. The number of hydrogen-bond acceptors (Lipinski definition) is 2. The third-order valence-corrected chi connectivity index (χ3v) is 2.06. The van der Waals surface area contributed by atoms with Crippen LogP contribution >= 0.6 is 11.3 Å². The summed E-state index contributed by atoms with van der Waals surface area (Å²) < 4.78 is 0. The highest BCUT2D eigenvalue weighted by atomic mass is 32.1. The smallest absolute Gasteiger partial charge is 0.346 e. The van der Waals surface area contributed by atoms with Crippen LogP contribution in [0.2, 0.25) is 0 Å². The van der Waals surface area contributed by atoms with Crippen molar-refractivity contribution in [3.8, 4) is 0 Å². The minimum Gasteiger partial charge on any atom is -0.477 e. The van der Waals surface area contributed by atoms with Crippen molar-refractivity contribution in [2.24, 2.45) is 0 Å². The molecule has 0 amide bonds. The van der Waals surface area contributed by atoms with Crippen LogP contribution in [0.3, 0.4) is 0 Å². The van der Waals surface area contributed by atoms with Gasteiger partial charge in [-0.25, -0.2) is 4.79 Å². The number of carboxylic acid groups (broad SMARTS) is 1. The van der Waals surface area contributed by atoms with Crippen LogP contribution in [0.1, 0.15) is 15.2 Å². The lowest BCUT2D eigenvalue weighted by molar-refractivity contribution is 0.0701. The van der Waals surface area contributed by atoms with Gasteiger partial charge in [0.2, 0.25) is 0 Å². The molecular weight excluding hydrogens is 137 g/mol. The molecule has 3 heteroatoms. The molecule has 0 saturated heterocycles. The maximum Gasteiger partial charge on any atom is 0.346 e. The van der Waals surface area contributed by atoms with Crippen LogP contribution in [-0.4, -0.2) is 11.1 Å². The van der Waals surface area contributed by atoms with Gasteiger partial charge in [0, 0.05) is 0 Å². The Bertz CT molecular complexity index is 227. The second-order valence-electron chi connectivity index (χ2n) is 1.74. The Balaban J connectivity index is 3.08. The summed E-state index contributed by atoms with van der Waals surface area (Å²) in [5.41, 5.74) is 0.840. The minimum absolute atomic E-state index is 0.440. The van der Waals surface area contributed by atoms with Crippen molar-refractivity contribution < 1.29 is 9.90 Å². The summed E-state index contributed by atoms with van der Waals surface area (Å²) in [5, 5.41) is 10.2. The van der Waals surface area contributed by atoms with Crippen molar-refractivity contribution in [3.05, 3.63) is 21.9 Å². The van der Waals surface area contributed by atoms with Crippen LogP contribution < -0.4 is 0 Å². The molecule has 1 rings (SSSR count). The Hall–Kier alpha value is -0.830. The summed E-state index contributed by atoms with van der Waals surface area (Å²) in [7, 11) is 0. The fourth-order valence-electron chi connectivity index (χ4n) is 0.592. The lowest BCUT2D eigenvalue weighted by Crippen LogP contribution is -1.92. The van der Waals surface area contributed by atoms with E-state index in [9.17, 15) is 4.79 Å². The molecule has 2 nitrogen and oxygen atoms in total. The molecule has 1 aromatic rings. The van der Waals surface area contributed by atoms with Crippen molar-refractivity contribution in [2.45, 2.75) is 6.92 Å². The van der Waals surface area contributed by atoms with Crippen LogP contribution in [0.15, 0.2) is 11.4 Å². The van der Waals surface area contributed by atoms with Crippen LogP contribution in [0.4, 0.5) is 0 Å². The number of hydrogen-bond donors (Lipinski definition) is 1. The lowest BCUT2D eigenvalue weighted by atomic mass is 10.3. The van der Waals surface area contributed by atoms with Gasteiger partial charge in [0.05, 0.1) is 0 Å². The van der Waals surface area contributed by atoms with Crippen molar-refractivity contribution in [3.63, 3.8) is 0 Å². The molecule has 0 atom stereocenters. The molecule has 1 heterocycles. The lowest BCUT2D eigenvalue weighted by Gasteiger charge is -1.86. The van der Waals surface area contributed by atoms with Crippen LogP contribution in [0, 0.1) is 6.92 Å². The number of thiophene rings is 1. The first-order chi connectivity index (χ1) is 4.22. The molecule has 0 bridgehead atoms. The van der Waals surface area contributed by atoms with E-state index in [1.165, 1.54) is 11.3 Å². The molecule has 0 aliphatic rings. The first kappa shape index (κ1) is 6.29. The standard InChI is InChI=1S/C6H6O2S/c1-4-2-3-9-5(4)6(7)8/h2-3H,1H3,(H,7,8)/i6+1. The highest BCUT2D eigenvalue weighted by Gasteiger charge is 2.05. The fourth-order valence-corrected chi connectivity index (χ4v) is 1.35. The molecule has 0 spiro atoms. The average Bonchev–Trinajstić information content (AvgIpc) is 2.13. The van der Waals surface area contributed by atoms with E-state index in [1.54, 1.807) is 18.4 Å². The predicted molar refractivity (Wildman–Crippen MR) is 36.0 cm³/mol. The van der Waals surface area contributed by atoms with E-state index in [0.717, 1.165) is 5.56 Å². The van der Waals surface area contributed by atoms with E-state index in [2.05, 4.69) is 0 Å². The Kier molecular flexibility index (Phi) is 1.53. The molecule has 0 unspecified atom stereocenters. The molecule has 0 radical (unpaired) electrons. The van der Waals surface area contributed by atoms with Crippen molar-refractivity contribution in [1.29, 1.82) is 0 Å². The summed E-state index contributed by atoms with van der Waals surface area (Å²) in [5.74, 6) is -0.831. The van der Waals surface area contributed by atoms with E-state index < -0.39 is 5.97 Å². The second-order valence-corrected chi connectivity index (χ2v) is 2.65. The van der Waals surface area contributed by atoms with Gasteiger partial charge in [-0.3, -0.25) is 0 Å². The third-order valence-electron chi connectivity index (χ3n) is 1.06. The van der Waals surface area contributed by atoms with E-state index in [4.69, 9.17) is 5.11 Å². The summed E-state index contributed by atoms with van der Waals surface area (Å²) in [6.45, 7) is 1.79. The molecule has 1 N–H and O–H groups in total. The highest BCUT2D eigenvalue weighted by molar-refractivity contribution is 7.12. The average molecular weight is 143 g/mol. The molecule has 1 aromatic heterocycles. The summed E-state index contributed by atoms with van der Waals surface area (Å²) in [6, 6.07) is 1.80. The Labute approximate surface area is 56.8 Å². The fraction of sp³-hybridized carbons (Fsp3) is 0.167. The van der Waals surface area contributed by atoms with Crippen molar-refractivity contribution in [1.82, 2.24) is 0 Å². The number of carbonyl (C=O) groups is 1. The molecule has 0 fully saturated rings. The molecule has 0 aromatic carbocycles. The van der Waals surface area contributed by atoms with E-state index in [1.807, 2.05) is 0 Å². The van der Waals surface area contributed by atoms with Gasteiger partial charge in [-0.15, -0.1) is 11.3 Å². The monoisotopic (exact) mass is 143 g/mol. The molecule has 0 aliphatic heterocycles. The summed E-state index contributed by atoms with van der Waals surface area (Å²) in [6.07, 6.45) is 0. The van der Waals surface area contributed by atoms with Gasteiger partial charge in [-0.2, -0.15) is 0 Å². The van der Waals surface area contributed by atoms with Gasteiger partial charge < -0.3 is 5.11 Å². The van der Waals surface area contributed by atoms with Crippen LogP contribution in [0.25, 0.3) is 0 Å². The van der Waals surface area contributed by atoms with Gasteiger partial charge in [0.1, 0.15) is 4.88 Å². The number of aromatic carboxylic acids is 1. The number of carboxylic acids is 1. The van der Waals surface area contributed by atoms with Gasteiger partial charge in [-0.05, 0) is 23.9 Å². The van der Waals surface area contributed by atoms with Gasteiger partial charge >= 0.3 is 5.97 Å². The first-order valence-electron chi connectivity index (χ1n) is 2.49. The Morgan fingerprint density at radius 1 is 1.78 bits per heavy atom. The van der Waals surface area contributed by atoms with Gasteiger partial charge in [-0.1, -0.05) is 0 Å². The molecule has 48 valence electrons. The maximum atomic E-state index is 10.3. The quantitative estimate of drug-likeness (QED) is 0.608. The van der Waals surface area contributed by atoms with E-state index >= 15 is 0 Å². The van der Waals surface area contributed by atoms with Crippen molar-refractivity contribution in [2.75, 3.05) is 0 Å². The topological polar surface area (TPSA) is 37.3 Å². The van der Waals surface area contributed by atoms with Crippen LogP contribution in [-0.2, 0) is 0 Å². The molecule has 0 saturated carbocycles. The van der Waals surface area contributed by atoms with Crippen molar-refractivity contribution >= 4 is 17.3 Å². The van der Waals surface area contributed by atoms with Gasteiger partial charge in [0.15, 0.2) is 0 Å². The summed E-state index contributed by atoms with van der Waals surface area (Å²) >= 11 is 1.26. The number of aryl methyl sites for hydroxylation is 1. The van der Waals surface area contributed by atoms with E-state index in [-0.39, 0.29) is 0 Å². The second kappa shape index (κ2) is 2.19. The Morgan fingerprint density at radius 3 is 2.67 bits per heavy atom. The zero-order chi connectivity index (χ0) is 6.85. The Morgan fingerprint density at radius 2 is 2.44 bits per heavy atom. The zero-order valence-electron chi connectivity index (χ0n) is 4.92. The SMILES string of the molecule is Cc1ccsc1[13C](=O)O. The number of rotatable bonds is 1. The van der Waals surface area contributed by atoms with Gasteiger partial charge in [0.25, 0.3) is 0 Å².